The number of carbonyl (C=O) groups excluding carboxylic acids is 1. The van der Waals surface area contributed by atoms with Crippen LogP contribution in [-0.2, 0) is 16.6 Å². The fourth-order valence-electron chi connectivity index (χ4n) is 3.77. The summed E-state index contributed by atoms with van der Waals surface area (Å²) < 4.78 is 19.9. The standard InChI is InChI=1S/C22H25BFNO2S/c1-13(28)25(5)20(26)22(4,16-6-8-18(24)17(23)11-16)15-7-9-19-14(10-15)12-21(2,3)27-19/h6-11H,12,23H2,1-5H3. The van der Waals surface area contributed by atoms with E-state index in [0.717, 1.165) is 28.9 Å². The third-order valence-corrected chi connectivity index (χ3v) is 5.85. The minimum absolute atomic E-state index is 0.149. The number of benzene rings is 2. The molecule has 1 aliphatic rings. The van der Waals surface area contributed by atoms with E-state index in [2.05, 4.69) is 0 Å². The predicted molar refractivity (Wildman–Crippen MR) is 117 cm³/mol. The molecule has 2 aromatic rings. The van der Waals surface area contributed by atoms with Crippen molar-refractivity contribution in [3.8, 4) is 5.75 Å². The quantitative estimate of drug-likeness (QED) is 0.589. The van der Waals surface area contributed by atoms with Gasteiger partial charge in [-0.1, -0.05) is 41.9 Å². The lowest BCUT2D eigenvalue weighted by atomic mass is 9.73. The summed E-state index contributed by atoms with van der Waals surface area (Å²) in [5.41, 5.74) is 1.88. The van der Waals surface area contributed by atoms with Gasteiger partial charge in [-0.05, 0) is 56.5 Å². The molecule has 1 aliphatic heterocycles. The maximum Gasteiger partial charge on any atom is 0.241 e. The van der Waals surface area contributed by atoms with Gasteiger partial charge in [0.05, 0.1) is 10.4 Å². The van der Waals surface area contributed by atoms with E-state index < -0.39 is 5.41 Å². The lowest BCUT2D eigenvalue weighted by Crippen LogP contribution is -2.46. The highest BCUT2D eigenvalue weighted by Crippen LogP contribution is 2.40. The SMILES string of the molecule is Bc1cc(C(C)(C(=O)N(C)C(C)=S)c2ccc3c(c2)CC(C)(C)O3)ccc1F. The molecule has 0 saturated heterocycles. The Balaban J connectivity index is 2.19. The normalized spacial score (nSPS) is 16.6. The molecule has 0 fully saturated rings. The van der Waals surface area contributed by atoms with Crippen LogP contribution in [0.3, 0.4) is 0 Å². The number of rotatable bonds is 3. The van der Waals surface area contributed by atoms with E-state index in [9.17, 15) is 9.18 Å². The summed E-state index contributed by atoms with van der Waals surface area (Å²) >= 11 is 5.24. The summed E-state index contributed by atoms with van der Waals surface area (Å²) in [6.45, 7) is 7.69. The Hall–Kier alpha value is -2.21. The highest BCUT2D eigenvalue weighted by Gasteiger charge is 2.41. The van der Waals surface area contributed by atoms with Crippen LogP contribution in [0.2, 0.25) is 0 Å². The molecule has 0 bridgehead atoms. The van der Waals surface area contributed by atoms with E-state index in [-0.39, 0.29) is 17.3 Å². The van der Waals surface area contributed by atoms with Crippen molar-refractivity contribution in [2.24, 2.45) is 0 Å². The number of likely N-dealkylation sites (N-methyl/N-ethyl adjacent to an activating group) is 1. The van der Waals surface area contributed by atoms with E-state index >= 15 is 0 Å². The average Bonchev–Trinajstić information content (AvgIpc) is 2.94. The van der Waals surface area contributed by atoms with Crippen LogP contribution in [0, 0.1) is 5.82 Å². The Morgan fingerprint density at radius 3 is 2.46 bits per heavy atom. The minimum Gasteiger partial charge on any atom is -0.487 e. The Morgan fingerprint density at radius 2 is 1.86 bits per heavy atom. The summed E-state index contributed by atoms with van der Waals surface area (Å²) in [6.07, 6.45) is 0.769. The third kappa shape index (κ3) is 3.46. The van der Waals surface area contributed by atoms with Crippen LogP contribution >= 0.6 is 12.2 Å². The van der Waals surface area contributed by atoms with Crippen molar-refractivity contribution in [3.05, 3.63) is 58.9 Å². The van der Waals surface area contributed by atoms with Gasteiger partial charge in [-0.3, -0.25) is 4.79 Å². The topological polar surface area (TPSA) is 29.5 Å². The number of thiocarbonyl (C=S) groups is 1. The average molecular weight is 397 g/mol. The molecule has 1 unspecified atom stereocenters. The molecule has 3 nitrogen and oxygen atoms in total. The van der Waals surface area contributed by atoms with Gasteiger partial charge in [-0.2, -0.15) is 0 Å². The maximum atomic E-state index is 13.9. The third-order valence-electron chi connectivity index (χ3n) is 5.58. The first-order chi connectivity index (χ1) is 13.0. The number of halogens is 1. The first kappa shape index (κ1) is 20.5. The summed E-state index contributed by atoms with van der Waals surface area (Å²) in [5, 5.41) is 0. The molecule has 2 aromatic carbocycles. The van der Waals surface area contributed by atoms with E-state index in [1.807, 2.05) is 39.0 Å². The van der Waals surface area contributed by atoms with Crippen molar-refractivity contribution in [1.29, 1.82) is 0 Å². The van der Waals surface area contributed by atoms with Crippen LogP contribution in [0.1, 0.15) is 44.4 Å². The molecule has 0 radical (unpaired) electrons. The molecular weight excluding hydrogens is 372 g/mol. The molecule has 1 amide bonds. The van der Waals surface area contributed by atoms with Gasteiger partial charge in [0.15, 0.2) is 0 Å². The molecule has 0 N–H and O–H groups in total. The predicted octanol–water partition coefficient (Wildman–Crippen LogP) is 2.91. The molecule has 1 heterocycles. The maximum absolute atomic E-state index is 13.9. The second-order valence-corrected chi connectivity index (χ2v) is 8.92. The van der Waals surface area contributed by atoms with Crippen molar-refractivity contribution in [3.63, 3.8) is 0 Å². The van der Waals surface area contributed by atoms with Gasteiger partial charge in [-0.25, -0.2) is 4.39 Å². The lowest BCUT2D eigenvalue weighted by Gasteiger charge is -2.34. The van der Waals surface area contributed by atoms with E-state index in [4.69, 9.17) is 17.0 Å². The Labute approximate surface area is 172 Å². The van der Waals surface area contributed by atoms with E-state index in [0.29, 0.717) is 10.5 Å². The highest BCUT2D eigenvalue weighted by molar-refractivity contribution is 7.80. The number of hydrogen-bond acceptors (Lipinski definition) is 3. The van der Waals surface area contributed by atoms with Crippen LogP contribution in [-0.4, -0.2) is 36.3 Å². The molecule has 1 atom stereocenters. The molecule has 0 saturated carbocycles. The van der Waals surface area contributed by atoms with Crippen molar-refractivity contribution < 1.29 is 13.9 Å². The molecular formula is C22H25BFNO2S. The van der Waals surface area contributed by atoms with Gasteiger partial charge in [0, 0.05) is 13.5 Å². The van der Waals surface area contributed by atoms with E-state index in [1.165, 1.54) is 11.0 Å². The molecule has 146 valence electrons. The van der Waals surface area contributed by atoms with Crippen molar-refractivity contribution >= 4 is 36.4 Å². The second-order valence-electron chi connectivity index (χ2n) is 8.33. The molecule has 28 heavy (non-hydrogen) atoms. The van der Waals surface area contributed by atoms with E-state index in [1.54, 1.807) is 34.0 Å². The van der Waals surface area contributed by atoms with Crippen LogP contribution < -0.4 is 10.2 Å². The zero-order valence-corrected chi connectivity index (χ0v) is 18.0. The molecule has 0 spiro atoms. The Kier molecular flexibility index (Phi) is 5.13. The van der Waals surface area contributed by atoms with Crippen molar-refractivity contribution in [1.82, 2.24) is 4.90 Å². The number of amides is 1. The number of ether oxygens (including phenoxy) is 1. The van der Waals surface area contributed by atoms with Gasteiger partial charge in [0.1, 0.15) is 25.0 Å². The van der Waals surface area contributed by atoms with Crippen molar-refractivity contribution in [2.45, 2.75) is 45.1 Å². The Bertz CT molecular complexity index is 975. The number of carbonyl (C=O) groups is 1. The minimum atomic E-state index is -1.00. The van der Waals surface area contributed by atoms with Crippen LogP contribution in [0.5, 0.6) is 5.75 Å². The highest BCUT2D eigenvalue weighted by atomic mass is 32.1. The molecule has 3 rings (SSSR count). The number of hydrogen-bond donors (Lipinski definition) is 0. The number of nitrogens with zero attached hydrogens (tertiary/aromatic N) is 1. The van der Waals surface area contributed by atoms with Gasteiger partial charge in [-0.15, -0.1) is 0 Å². The van der Waals surface area contributed by atoms with Gasteiger partial charge < -0.3 is 9.64 Å². The van der Waals surface area contributed by atoms with Gasteiger partial charge in [0.25, 0.3) is 0 Å². The van der Waals surface area contributed by atoms with Crippen LogP contribution in [0.15, 0.2) is 36.4 Å². The fourth-order valence-corrected chi connectivity index (χ4v) is 3.85. The zero-order valence-electron chi connectivity index (χ0n) is 17.2. The lowest BCUT2D eigenvalue weighted by molar-refractivity contribution is -0.130. The first-order valence-corrected chi connectivity index (χ1v) is 9.74. The summed E-state index contributed by atoms with van der Waals surface area (Å²) in [5.74, 6) is 0.407. The van der Waals surface area contributed by atoms with Crippen LogP contribution in [0.25, 0.3) is 0 Å². The monoisotopic (exact) mass is 397 g/mol. The first-order valence-electron chi connectivity index (χ1n) is 9.33. The zero-order chi connectivity index (χ0) is 20.9. The van der Waals surface area contributed by atoms with Crippen molar-refractivity contribution in [2.75, 3.05) is 7.05 Å². The van der Waals surface area contributed by atoms with Gasteiger partial charge in [0.2, 0.25) is 5.91 Å². The molecule has 6 heteroatoms. The van der Waals surface area contributed by atoms with Gasteiger partial charge >= 0.3 is 0 Å². The Morgan fingerprint density at radius 1 is 1.25 bits per heavy atom. The second kappa shape index (κ2) is 7.00. The molecule has 0 aliphatic carbocycles. The molecule has 0 aromatic heterocycles. The summed E-state index contributed by atoms with van der Waals surface area (Å²) in [6, 6.07) is 10.7. The smallest absolute Gasteiger partial charge is 0.241 e. The number of fused-ring (bicyclic) bond motifs is 1. The summed E-state index contributed by atoms with van der Waals surface area (Å²) in [4.78, 5) is 15.5. The fraction of sp³-hybridized carbons (Fsp3) is 0.364. The largest absolute Gasteiger partial charge is 0.487 e. The van der Waals surface area contributed by atoms with Crippen LogP contribution in [0.4, 0.5) is 4.39 Å². The summed E-state index contributed by atoms with van der Waals surface area (Å²) in [7, 11) is 3.38.